The number of nitrogens with one attached hydrogen (secondary N) is 1. The van der Waals surface area contributed by atoms with E-state index in [1.165, 1.54) is 5.56 Å². The molecule has 1 aliphatic carbocycles. The monoisotopic (exact) mass is 596 g/mol. The lowest BCUT2D eigenvalue weighted by Crippen LogP contribution is -2.57. The van der Waals surface area contributed by atoms with Crippen molar-refractivity contribution in [3.63, 3.8) is 0 Å². The van der Waals surface area contributed by atoms with Crippen LogP contribution in [0.2, 0.25) is 0 Å². The number of likely N-dealkylation sites (tertiary alicyclic amines) is 1. The van der Waals surface area contributed by atoms with Gasteiger partial charge in [-0.25, -0.2) is 0 Å². The summed E-state index contributed by atoms with van der Waals surface area (Å²) in [4.78, 5) is 46.2. The molecule has 3 aromatic rings. The van der Waals surface area contributed by atoms with Crippen LogP contribution in [-0.2, 0) is 20.8 Å². The average Bonchev–Trinajstić information content (AvgIpc) is 3.83. The molecule has 3 aliphatic rings. The highest BCUT2D eigenvalue weighted by atomic mass is 16.5. The van der Waals surface area contributed by atoms with Crippen LogP contribution in [0, 0.1) is 5.92 Å². The molecule has 9 nitrogen and oxygen atoms in total. The number of anilines is 1. The van der Waals surface area contributed by atoms with Crippen LogP contribution in [0.4, 0.5) is 5.69 Å². The zero-order chi connectivity index (χ0) is 30.7. The van der Waals surface area contributed by atoms with E-state index >= 15 is 0 Å². The van der Waals surface area contributed by atoms with Gasteiger partial charge in [0.15, 0.2) is 11.5 Å². The highest BCUT2D eigenvalue weighted by Gasteiger charge is 2.55. The number of carbonyl (C=O) groups excluding carboxylic acids is 3. The van der Waals surface area contributed by atoms with Crippen LogP contribution < -0.4 is 19.7 Å². The number of benzene rings is 3. The minimum absolute atomic E-state index is 0.0146. The summed E-state index contributed by atoms with van der Waals surface area (Å²) in [6.45, 7) is 1.80. The Labute approximate surface area is 258 Å². The van der Waals surface area contributed by atoms with Crippen LogP contribution in [0.3, 0.4) is 0 Å². The molecule has 0 radical (unpaired) electrons. The summed E-state index contributed by atoms with van der Waals surface area (Å²) in [5.41, 5.74) is 2.40. The standard InChI is InChI=1S/C35H40N4O5/c1-43-30-14-13-25(21-31(30)44-2)15-18-36-32(40)23-38-24-39(27-11-7-4-8-12-27)35(34(38)42)16-19-37(20-17-35)33(41)29-22-28(29)26-9-5-3-6-10-26/h3-14,21,28-29H,15-20,22-24H2,1-2H3,(H,36,40). The maximum Gasteiger partial charge on any atom is 0.250 e. The summed E-state index contributed by atoms with van der Waals surface area (Å²) >= 11 is 0. The van der Waals surface area contributed by atoms with Gasteiger partial charge in [0.2, 0.25) is 11.8 Å². The Morgan fingerprint density at radius 3 is 2.27 bits per heavy atom. The zero-order valence-electron chi connectivity index (χ0n) is 25.4. The summed E-state index contributed by atoms with van der Waals surface area (Å²) in [7, 11) is 3.19. The number of methoxy groups -OCH3 is 2. The molecule has 2 aliphatic heterocycles. The summed E-state index contributed by atoms with van der Waals surface area (Å²) in [5.74, 6) is 1.56. The molecule has 2 saturated heterocycles. The van der Waals surface area contributed by atoms with Gasteiger partial charge in [-0.15, -0.1) is 0 Å². The van der Waals surface area contributed by atoms with Gasteiger partial charge in [-0.2, -0.15) is 0 Å². The number of amides is 3. The summed E-state index contributed by atoms with van der Waals surface area (Å²) in [5, 5.41) is 2.97. The Hall–Kier alpha value is -4.53. The molecule has 3 fully saturated rings. The molecule has 230 valence electrons. The van der Waals surface area contributed by atoms with Crippen molar-refractivity contribution in [1.29, 1.82) is 0 Å². The number of piperidine rings is 1. The molecule has 2 unspecified atom stereocenters. The minimum Gasteiger partial charge on any atom is -0.493 e. The van der Waals surface area contributed by atoms with Crippen LogP contribution in [-0.4, -0.2) is 80.1 Å². The lowest BCUT2D eigenvalue weighted by molar-refractivity contribution is -0.140. The van der Waals surface area contributed by atoms with Crippen molar-refractivity contribution in [1.82, 2.24) is 15.1 Å². The van der Waals surface area contributed by atoms with Gasteiger partial charge in [0.25, 0.3) is 5.91 Å². The lowest BCUT2D eigenvalue weighted by Gasteiger charge is -2.43. The van der Waals surface area contributed by atoms with Crippen molar-refractivity contribution < 1.29 is 23.9 Å². The molecule has 1 saturated carbocycles. The van der Waals surface area contributed by atoms with E-state index in [0.717, 1.165) is 17.7 Å². The van der Waals surface area contributed by atoms with Gasteiger partial charge in [0.1, 0.15) is 12.1 Å². The largest absolute Gasteiger partial charge is 0.493 e. The van der Waals surface area contributed by atoms with Crippen molar-refractivity contribution >= 4 is 23.4 Å². The maximum absolute atomic E-state index is 14.1. The van der Waals surface area contributed by atoms with Gasteiger partial charge >= 0.3 is 0 Å². The highest BCUT2D eigenvalue weighted by molar-refractivity contribution is 5.96. The predicted molar refractivity (Wildman–Crippen MR) is 168 cm³/mol. The molecule has 0 aromatic heterocycles. The van der Waals surface area contributed by atoms with Crippen molar-refractivity contribution in [2.24, 2.45) is 5.92 Å². The van der Waals surface area contributed by atoms with Gasteiger partial charge in [0.05, 0.1) is 20.9 Å². The fourth-order valence-electron chi connectivity index (χ4n) is 6.80. The normalized spacial score (nSPS) is 20.5. The van der Waals surface area contributed by atoms with E-state index in [0.29, 0.717) is 57.1 Å². The first-order valence-corrected chi connectivity index (χ1v) is 15.4. The topological polar surface area (TPSA) is 91.4 Å². The molecular formula is C35H40N4O5. The predicted octanol–water partition coefficient (Wildman–Crippen LogP) is 3.83. The first kappa shape index (κ1) is 29.5. The van der Waals surface area contributed by atoms with Crippen LogP contribution in [0.5, 0.6) is 11.5 Å². The number of hydrogen-bond donors (Lipinski definition) is 1. The molecule has 6 rings (SSSR count). The number of para-hydroxylation sites is 1. The Morgan fingerprint density at radius 1 is 0.909 bits per heavy atom. The molecule has 44 heavy (non-hydrogen) atoms. The molecule has 1 N–H and O–H groups in total. The maximum atomic E-state index is 14.1. The summed E-state index contributed by atoms with van der Waals surface area (Å²) < 4.78 is 10.7. The number of nitrogens with zero attached hydrogens (tertiary/aromatic N) is 3. The van der Waals surface area contributed by atoms with Crippen molar-refractivity contribution in [3.8, 4) is 11.5 Å². The Morgan fingerprint density at radius 2 is 1.59 bits per heavy atom. The molecule has 1 spiro atoms. The van der Waals surface area contributed by atoms with E-state index in [4.69, 9.17) is 9.47 Å². The smallest absolute Gasteiger partial charge is 0.250 e. The molecule has 2 heterocycles. The highest BCUT2D eigenvalue weighted by Crippen LogP contribution is 2.49. The number of hydrogen-bond acceptors (Lipinski definition) is 6. The van der Waals surface area contributed by atoms with E-state index in [2.05, 4.69) is 22.3 Å². The third-order valence-electron chi connectivity index (χ3n) is 9.34. The van der Waals surface area contributed by atoms with E-state index in [1.807, 2.05) is 71.6 Å². The number of ether oxygens (including phenoxy) is 2. The molecule has 9 heteroatoms. The SMILES string of the molecule is COc1ccc(CCNC(=O)CN2CN(c3ccccc3)C3(CCN(C(=O)C4CC4c4ccccc4)CC3)C2=O)cc1OC. The quantitative estimate of drug-likeness (QED) is 0.383. The van der Waals surface area contributed by atoms with Crippen LogP contribution in [0.1, 0.15) is 36.3 Å². The average molecular weight is 597 g/mol. The second kappa shape index (κ2) is 12.6. The molecule has 0 bridgehead atoms. The molecule has 2 atom stereocenters. The van der Waals surface area contributed by atoms with Gasteiger partial charge in [-0.1, -0.05) is 54.6 Å². The van der Waals surface area contributed by atoms with Gasteiger partial charge in [-0.05, 0) is 67.0 Å². The van der Waals surface area contributed by atoms with Crippen LogP contribution >= 0.6 is 0 Å². The lowest BCUT2D eigenvalue weighted by atomic mass is 9.85. The number of rotatable bonds is 10. The van der Waals surface area contributed by atoms with Crippen molar-refractivity contribution in [2.45, 2.75) is 37.1 Å². The summed E-state index contributed by atoms with van der Waals surface area (Å²) in [6, 6.07) is 25.8. The minimum atomic E-state index is -0.777. The van der Waals surface area contributed by atoms with Crippen molar-refractivity contribution in [2.75, 3.05) is 52.0 Å². The fourth-order valence-corrected chi connectivity index (χ4v) is 6.80. The van der Waals surface area contributed by atoms with E-state index in [9.17, 15) is 14.4 Å². The molecular weight excluding hydrogens is 556 g/mol. The molecule has 3 aromatic carbocycles. The third kappa shape index (κ3) is 5.83. The second-order valence-corrected chi connectivity index (χ2v) is 11.9. The van der Waals surface area contributed by atoms with Gasteiger partial charge in [0, 0.05) is 31.2 Å². The van der Waals surface area contributed by atoms with E-state index < -0.39 is 5.54 Å². The second-order valence-electron chi connectivity index (χ2n) is 11.9. The first-order valence-electron chi connectivity index (χ1n) is 15.4. The Balaban J connectivity index is 1.08. The summed E-state index contributed by atoms with van der Waals surface area (Å²) in [6.07, 6.45) is 2.57. The fraction of sp³-hybridized carbons (Fsp3) is 0.400. The van der Waals surface area contributed by atoms with Crippen molar-refractivity contribution in [3.05, 3.63) is 90.0 Å². The first-order chi connectivity index (χ1) is 21.4. The van der Waals surface area contributed by atoms with Crippen LogP contribution in [0.25, 0.3) is 0 Å². The number of carbonyl (C=O) groups is 3. The van der Waals surface area contributed by atoms with E-state index in [1.54, 1.807) is 19.1 Å². The Bertz CT molecular complexity index is 1490. The van der Waals surface area contributed by atoms with E-state index in [-0.39, 0.29) is 36.1 Å². The van der Waals surface area contributed by atoms with Gasteiger partial charge < -0.3 is 29.5 Å². The van der Waals surface area contributed by atoms with Crippen LogP contribution in [0.15, 0.2) is 78.9 Å². The van der Waals surface area contributed by atoms with Gasteiger partial charge in [-0.3, -0.25) is 14.4 Å². The Kier molecular flexibility index (Phi) is 8.46. The molecule has 3 amide bonds. The zero-order valence-corrected chi connectivity index (χ0v) is 25.4. The third-order valence-corrected chi connectivity index (χ3v) is 9.34.